The Hall–Kier alpha value is -2.74. The van der Waals surface area contributed by atoms with Gasteiger partial charge in [-0.3, -0.25) is 9.59 Å². The molecule has 0 saturated carbocycles. The van der Waals surface area contributed by atoms with Crippen LogP contribution in [0.15, 0.2) is 53.4 Å². The van der Waals surface area contributed by atoms with Crippen LogP contribution in [0.5, 0.6) is 0 Å². The lowest BCUT2D eigenvalue weighted by Gasteiger charge is -2.14. The number of hydrogen-bond acceptors (Lipinski definition) is 5. The molecular weight excluding hydrogens is 340 g/mol. The number of imide groups is 1. The molecule has 5 nitrogen and oxygen atoms in total. The highest BCUT2D eigenvalue weighted by atomic mass is 32.2. The molecule has 3 rings (SSSR count). The molecule has 1 aliphatic rings. The van der Waals surface area contributed by atoms with E-state index in [1.165, 1.54) is 36.4 Å². The molecule has 1 aliphatic heterocycles. The van der Waals surface area contributed by atoms with Crippen LogP contribution in [0.3, 0.4) is 0 Å². The second kappa shape index (κ2) is 6.40. The van der Waals surface area contributed by atoms with Crippen LogP contribution < -0.4 is 0 Å². The summed E-state index contributed by atoms with van der Waals surface area (Å²) >= 11 is 0.178. The average molecular weight is 349 g/mol. The summed E-state index contributed by atoms with van der Waals surface area (Å²) in [5.74, 6) is -5.34. The van der Waals surface area contributed by atoms with Gasteiger partial charge < -0.3 is 4.84 Å². The highest BCUT2D eigenvalue weighted by Crippen LogP contribution is 2.30. The van der Waals surface area contributed by atoms with Gasteiger partial charge in [-0.1, -0.05) is 41.1 Å². The minimum absolute atomic E-state index is 0.00545. The quantitative estimate of drug-likeness (QED) is 0.625. The van der Waals surface area contributed by atoms with Gasteiger partial charge in [0.2, 0.25) is 0 Å². The van der Waals surface area contributed by atoms with Gasteiger partial charge in [-0.2, -0.15) is 8.78 Å². The first-order valence-electron chi connectivity index (χ1n) is 6.73. The zero-order chi connectivity index (χ0) is 17.3. The number of rotatable bonds is 4. The van der Waals surface area contributed by atoms with Crippen LogP contribution in [0.2, 0.25) is 0 Å². The van der Waals surface area contributed by atoms with E-state index in [-0.39, 0.29) is 33.3 Å². The van der Waals surface area contributed by atoms with Crippen LogP contribution in [-0.4, -0.2) is 28.6 Å². The lowest BCUT2D eigenvalue weighted by atomic mass is 10.1. The first kappa shape index (κ1) is 16.1. The smallest absolute Gasteiger partial charge is 0.324 e. The Morgan fingerprint density at radius 2 is 1.50 bits per heavy atom. The third kappa shape index (κ3) is 2.88. The van der Waals surface area contributed by atoms with Crippen molar-refractivity contribution in [1.82, 2.24) is 5.06 Å². The van der Waals surface area contributed by atoms with E-state index in [4.69, 9.17) is 4.84 Å². The topological polar surface area (TPSA) is 63.7 Å². The number of benzene rings is 2. The standard InChI is InChI=1S/C16H9F2NO4S/c17-16(18)24-12-8-4-3-7-11(12)15(22)23-19-13(20)9-5-1-2-6-10(9)14(19)21/h1-8,16H. The maximum absolute atomic E-state index is 12.6. The number of amides is 2. The fourth-order valence-electron chi connectivity index (χ4n) is 2.22. The van der Waals surface area contributed by atoms with E-state index in [0.717, 1.165) is 0 Å². The molecule has 0 N–H and O–H groups in total. The van der Waals surface area contributed by atoms with E-state index in [0.29, 0.717) is 5.06 Å². The first-order chi connectivity index (χ1) is 11.5. The number of hydroxylamine groups is 2. The fourth-order valence-corrected chi connectivity index (χ4v) is 2.84. The van der Waals surface area contributed by atoms with Gasteiger partial charge in [-0.15, -0.1) is 0 Å². The van der Waals surface area contributed by atoms with Crippen molar-refractivity contribution in [2.24, 2.45) is 0 Å². The minimum Gasteiger partial charge on any atom is -0.324 e. The average Bonchev–Trinajstić information content (AvgIpc) is 2.80. The van der Waals surface area contributed by atoms with E-state index >= 15 is 0 Å². The Kier molecular flexibility index (Phi) is 4.30. The molecule has 24 heavy (non-hydrogen) atoms. The van der Waals surface area contributed by atoms with Gasteiger partial charge in [-0.25, -0.2) is 4.79 Å². The van der Waals surface area contributed by atoms with E-state index in [9.17, 15) is 23.2 Å². The summed E-state index contributed by atoms with van der Waals surface area (Å²) in [5.41, 5.74) is 0.0791. The number of nitrogens with zero attached hydrogens (tertiary/aromatic N) is 1. The summed E-state index contributed by atoms with van der Waals surface area (Å²) in [6, 6.07) is 11.6. The van der Waals surface area contributed by atoms with Gasteiger partial charge in [-0.05, 0) is 24.3 Å². The molecule has 2 aromatic carbocycles. The Morgan fingerprint density at radius 3 is 2.08 bits per heavy atom. The molecule has 0 aromatic heterocycles. The van der Waals surface area contributed by atoms with Gasteiger partial charge in [0.05, 0.1) is 16.7 Å². The number of hydrogen-bond donors (Lipinski definition) is 0. The molecule has 0 unspecified atom stereocenters. The fraction of sp³-hybridized carbons (Fsp3) is 0.0625. The molecule has 122 valence electrons. The third-order valence-electron chi connectivity index (χ3n) is 3.25. The van der Waals surface area contributed by atoms with Crippen molar-refractivity contribution in [1.29, 1.82) is 0 Å². The number of halogens is 2. The predicted octanol–water partition coefficient (Wildman–Crippen LogP) is 3.37. The number of thioether (sulfide) groups is 1. The van der Waals surface area contributed by atoms with E-state index < -0.39 is 23.5 Å². The molecule has 8 heteroatoms. The van der Waals surface area contributed by atoms with Crippen LogP contribution in [0.4, 0.5) is 8.78 Å². The molecule has 0 saturated heterocycles. The minimum atomic E-state index is -2.72. The zero-order valence-electron chi connectivity index (χ0n) is 11.9. The lowest BCUT2D eigenvalue weighted by Crippen LogP contribution is -2.32. The third-order valence-corrected chi connectivity index (χ3v) is 4.04. The second-order valence-corrected chi connectivity index (χ2v) is 5.74. The van der Waals surface area contributed by atoms with Crippen LogP contribution in [0.25, 0.3) is 0 Å². The Bertz CT molecular complexity index is 805. The van der Waals surface area contributed by atoms with Crippen LogP contribution in [0.1, 0.15) is 31.1 Å². The molecule has 2 amide bonds. The van der Waals surface area contributed by atoms with E-state index in [1.54, 1.807) is 12.1 Å². The number of carbonyl (C=O) groups excluding carboxylic acids is 3. The monoisotopic (exact) mass is 349 g/mol. The molecule has 0 spiro atoms. The maximum atomic E-state index is 12.6. The Morgan fingerprint density at radius 1 is 0.958 bits per heavy atom. The zero-order valence-corrected chi connectivity index (χ0v) is 12.8. The maximum Gasteiger partial charge on any atom is 0.365 e. The largest absolute Gasteiger partial charge is 0.365 e. The molecule has 0 bridgehead atoms. The SMILES string of the molecule is O=C(ON1C(=O)c2ccccc2C1=O)c1ccccc1SC(F)F. The summed E-state index contributed by atoms with van der Waals surface area (Å²) < 4.78 is 25.1. The van der Waals surface area contributed by atoms with Crippen LogP contribution >= 0.6 is 11.8 Å². The van der Waals surface area contributed by atoms with Crippen molar-refractivity contribution in [3.05, 3.63) is 65.2 Å². The Balaban J connectivity index is 1.84. The molecule has 0 fully saturated rings. The van der Waals surface area contributed by atoms with E-state index in [2.05, 4.69) is 0 Å². The van der Waals surface area contributed by atoms with Gasteiger partial charge in [0.15, 0.2) is 0 Å². The van der Waals surface area contributed by atoms with Crippen molar-refractivity contribution in [3.63, 3.8) is 0 Å². The summed E-state index contributed by atoms with van der Waals surface area (Å²) in [4.78, 5) is 41.4. The van der Waals surface area contributed by atoms with Crippen molar-refractivity contribution in [3.8, 4) is 0 Å². The first-order valence-corrected chi connectivity index (χ1v) is 7.61. The second-order valence-electron chi connectivity index (χ2n) is 4.70. The van der Waals surface area contributed by atoms with Gasteiger partial charge >= 0.3 is 5.97 Å². The highest BCUT2D eigenvalue weighted by molar-refractivity contribution is 7.99. The molecular formula is C16H9F2NO4S. The van der Waals surface area contributed by atoms with Gasteiger partial charge in [0.25, 0.3) is 17.6 Å². The lowest BCUT2D eigenvalue weighted by molar-refractivity contribution is -0.0587. The van der Waals surface area contributed by atoms with Crippen molar-refractivity contribution in [2.45, 2.75) is 10.7 Å². The molecule has 0 radical (unpaired) electrons. The molecule has 1 heterocycles. The Labute approximate surface area is 139 Å². The summed E-state index contributed by atoms with van der Waals surface area (Å²) in [6.45, 7) is 0. The highest BCUT2D eigenvalue weighted by Gasteiger charge is 2.39. The summed E-state index contributed by atoms with van der Waals surface area (Å²) in [6.07, 6.45) is 0. The molecule has 2 aromatic rings. The number of carbonyl (C=O) groups is 3. The molecule has 0 aliphatic carbocycles. The van der Waals surface area contributed by atoms with Gasteiger partial charge in [0.1, 0.15) is 0 Å². The summed E-state index contributed by atoms with van der Waals surface area (Å²) in [5, 5.41) is 0.344. The number of alkyl halides is 2. The summed E-state index contributed by atoms with van der Waals surface area (Å²) in [7, 11) is 0. The van der Waals surface area contributed by atoms with Crippen molar-refractivity contribution < 1.29 is 28.0 Å². The predicted molar refractivity (Wildman–Crippen MR) is 80.7 cm³/mol. The van der Waals surface area contributed by atoms with Crippen molar-refractivity contribution >= 4 is 29.5 Å². The van der Waals surface area contributed by atoms with Crippen LogP contribution in [0, 0.1) is 0 Å². The van der Waals surface area contributed by atoms with Crippen LogP contribution in [-0.2, 0) is 4.84 Å². The number of fused-ring (bicyclic) bond motifs is 1. The molecule has 0 atom stereocenters. The van der Waals surface area contributed by atoms with Gasteiger partial charge in [0, 0.05) is 4.90 Å². The normalized spacial score (nSPS) is 13.4. The van der Waals surface area contributed by atoms with Crippen molar-refractivity contribution in [2.75, 3.05) is 0 Å². The van der Waals surface area contributed by atoms with E-state index in [1.807, 2.05) is 0 Å².